The molecule has 0 amide bonds. The highest BCUT2D eigenvalue weighted by Gasteiger charge is 2.01. The predicted molar refractivity (Wildman–Crippen MR) is 61.5 cm³/mol. The number of hydrogen-bond acceptors (Lipinski definition) is 5. The van der Waals surface area contributed by atoms with Gasteiger partial charge in [0.25, 0.3) is 0 Å². The zero-order valence-corrected chi connectivity index (χ0v) is 9.72. The highest BCUT2D eigenvalue weighted by Crippen LogP contribution is 2.13. The zero-order valence-electron chi connectivity index (χ0n) is 8.91. The Balaban J connectivity index is 1.72. The maximum atomic E-state index is 5.55. The quantitative estimate of drug-likeness (QED) is 0.580. The molecule has 0 aliphatic carbocycles. The van der Waals surface area contributed by atoms with Gasteiger partial charge in [-0.25, -0.2) is 4.68 Å². The van der Waals surface area contributed by atoms with Crippen molar-refractivity contribution in [1.82, 2.24) is 20.2 Å². The van der Waals surface area contributed by atoms with Crippen molar-refractivity contribution in [2.24, 2.45) is 7.05 Å². The van der Waals surface area contributed by atoms with E-state index in [2.05, 4.69) is 15.5 Å². The molecule has 0 aliphatic heterocycles. The van der Waals surface area contributed by atoms with E-state index in [-0.39, 0.29) is 0 Å². The first-order valence-corrected chi connectivity index (χ1v) is 5.88. The normalized spacial score (nSPS) is 10.3. The fourth-order valence-electron chi connectivity index (χ4n) is 1.15. The zero-order chi connectivity index (χ0) is 11.2. The lowest BCUT2D eigenvalue weighted by Crippen LogP contribution is -2.01. The van der Waals surface area contributed by atoms with Crippen LogP contribution in [0.1, 0.15) is 0 Å². The van der Waals surface area contributed by atoms with Crippen molar-refractivity contribution in [3.05, 3.63) is 30.3 Å². The Hall–Kier alpha value is -1.56. The Kier molecular flexibility index (Phi) is 3.76. The van der Waals surface area contributed by atoms with Crippen LogP contribution in [0.3, 0.4) is 0 Å². The molecule has 0 aliphatic rings. The smallest absolute Gasteiger partial charge is 0.209 e. The number of para-hydroxylation sites is 1. The summed E-state index contributed by atoms with van der Waals surface area (Å²) in [4.78, 5) is 0. The SMILES string of the molecule is Cn1nnnc1SCCOc1ccccc1. The second-order valence-electron chi connectivity index (χ2n) is 3.10. The van der Waals surface area contributed by atoms with Crippen LogP contribution in [-0.2, 0) is 7.05 Å². The van der Waals surface area contributed by atoms with Gasteiger partial charge >= 0.3 is 0 Å². The Morgan fingerprint density at radius 3 is 2.81 bits per heavy atom. The van der Waals surface area contributed by atoms with E-state index in [9.17, 15) is 0 Å². The maximum absolute atomic E-state index is 5.55. The van der Waals surface area contributed by atoms with Crippen LogP contribution in [0.25, 0.3) is 0 Å². The van der Waals surface area contributed by atoms with Gasteiger partial charge in [0.2, 0.25) is 5.16 Å². The summed E-state index contributed by atoms with van der Waals surface area (Å²) in [5, 5.41) is 12.0. The number of thioether (sulfide) groups is 1. The highest BCUT2D eigenvalue weighted by molar-refractivity contribution is 7.99. The molecule has 0 unspecified atom stereocenters. The first-order valence-electron chi connectivity index (χ1n) is 4.89. The van der Waals surface area contributed by atoms with Crippen molar-refractivity contribution >= 4 is 11.8 Å². The molecule has 0 spiro atoms. The molecule has 1 aromatic heterocycles. The summed E-state index contributed by atoms with van der Waals surface area (Å²) in [6, 6.07) is 9.75. The van der Waals surface area contributed by atoms with Crippen molar-refractivity contribution in [3.63, 3.8) is 0 Å². The number of tetrazole rings is 1. The standard InChI is InChI=1S/C10H12N4OS/c1-14-10(11-12-13-14)16-8-7-15-9-5-3-2-4-6-9/h2-6H,7-8H2,1H3. The topological polar surface area (TPSA) is 52.8 Å². The number of ether oxygens (including phenoxy) is 1. The monoisotopic (exact) mass is 236 g/mol. The van der Waals surface area contributed by atoms with Crippen LogP contribution in [0.5, 0.6) is 5.75 Å². The molecule has 2 aromatic rings. The maximum Gasteiger partial charge on any atom is 0.209 e. The first-order chi connectivity index (χ1) is 7.86. The predicted octanol–water partition coefficient (Wildman–Crippen LogP) is 1.38. The van der Waals surface area contributed by atoms with Gasteiger partial charge in [0.1, 0.15) is 5.75 Å². The third-order valence-corrected chi connectivity index (χ3v) is 2.88. The molecular formula is C10H12N4OS. The molecule has 0 atom stereocenters. The van der Waals surface area contributed by atoms with Crippen molar-refractivity contribution in [2.75, 3.05) is 12.4 Å². The fraction of sp³-hybridized carbons (Fsp3) is 0.300. The van der Waals surface area contributed by atoms with Gasteiger partial charge < -0.3 is 4.74 Å². The van der Waals surface area contributed by atoms with Crippen LogP contribution < -0.4 is 4.74 Å². The van der Waals surface area contributed by atoms with Gasteiger partial charge in [-0.2, -0.15) is 0 Å². The van der Waals surface area contributed by atoms with E-state index in [1.807, 2.05) is 37.4 Å². The summed E-state index contributed by atoms with van der Waals surface area (Å²) in [5.74, 6) is 1.71. The third-order valence-electron chi connectivity index (χ3n) is 1.91. The molecule has 16 heavy (non-hydrogen) atoms. The molecule has 6 heteroatoms. The third kappa shape index (κ3) is 2.96. The van der Waals surface area contributed by atoms with Crippen LogP contribution in [0.4, 0.5) is 0 Å². The van der Waals surface area contributed by atoms with Crippen molar-refractivity contribution in [3.8, 4) is 5.75 Å². The summed E-state index contributed by atoms with van der Waals surface area (Å²) in [6.07, 6.45) is 0. The Labute approximate surface area is 97.8 Å². The Morgan fingerprint density at radius 1 is 1.31 bits per heavy atom. The van der Waals surface area contributed by atoms with Gasteiger partial charge in [-0.1, -0.05) is 30.0 Å². The van der Waals surface area contributed by atoms with Gasteiger partial charge in [-0.15, -0.1) is 5.10 Å². The largest absolute Gasteiger partial charge is 0.493 e. The fourth-order valence-corrected chi connectivity index (χ4v) is 1.82. The van der Waals surface area contributed by atoms with Crippen molar-refractivity contribution in [1.29, 1.82) is 0 Å². The van der Waals surface area contributed by atoms with E-state index in [0.29, 0.717) is 6.61 Å². The molecule has 1 aromatic carbocycles. The molecule has 5 nitrogen and oxygen atoms in total. The van der Waals surface area contributed by atoms with Gasteiger partial charge in [0.15, 0.2) is 0 Å². The van der Waals surface area contributed by atoms with Crippen LogP contribution >= 0.6 is 11.8 Å². The Bertz CT molecular complexity index is 431. The number of aromatic nitrogens is 4. The molecule has 0 fully saturated rings. The van der Waals surface area contributed by atoms with Gasteiger partial charge in [-0.3, -0.25) is 0 Å². The van der Waals surface area contributed by atoms with Gasteiger partial charge in [0, 0.05) is 12.8 Å². The van der Waals surface area contributed by atoms with E-state index in [0.717, 1.165) is 16.7 Å². The first kappa shape index (κ1) is 10.9. The molecule has 0 N–H and O–H groups in total. The molecule has 2 rings (SSSR count). The van der Waals surface area contributed by atoms with E-state index < -0.39 is 0 Å². The minimum atomic E-state index is 0.640. The van der Waals surface area contributed by atoms with E-state index in [4.69, 9.17) is 4.74 Å². The molecule has 0 radical (unpaired) electrons. The van der Waals surface area contributed by atoms with Gasteiger partial charge in [0.05, 0.1) is 6.61 Å². The molecule has 84 valence electrons. The number of rotatable bonds is 5. The second-order valence-corrected chi connectivity index (χ2v) is 4.16. The number of nitrogens with zero attached hydrogens (tertiary/aromatic N) is 4. The average molecular weight is 236 g/mol. The number of aryl methyl sites for hydroxylation is 1. The van der Waals surface area contributed by atoms with Crippen LogP contribution in [0.2, 0.25) is 0 Å². The van der Waals surface area contributed by atoms with E-state index >= 15 is 0 Å². The number of hydrogen-bond donors (Lipinski definition) is 0. The summed E-state index contributed by atoms with van der Waals surface area (Å²) < 4.78 is 7.19. The minimum absolute atomic E-state index is 0.640. The summed E-state index contributed by atoms with van der Waals surface area (Å²) >= 11 is 1.57. The molecule has 0 saturated carbocycles. The lowest BCUT2D eigenvalue weighted by atomic mass is 10.3. The minimum Gasteiger partial charge on any atom is -0.493 e. The Morgan fingerprint density at radius 2 is 2.12 bits per heavy atom. The summed E-state index contributed by atoms with van der Waals surface area (Å²) in [7, 11) is 1.82. The van der Waals surface area contributed by atoms with Gasteiger partial charge in [-0.05, 0) is 22.6 Å². The lowest BCUT2D eigenvalue weighted by Gasteiger charge is -2.04. The van der Waals surface area contributed by atoms with E-state index in [1.54, 1.807) is 16.4 Å². The molecular weight excluding hydrogens is 224 g/mol. The summed E-state index contributed by atoms with van der Waals surface area (Å²) in [5.41, 5.74) is 0. The summed E-state index contributed by atoms with van der Waals surface area (Å²) in [6.45, 7) is 0.640. The number of benzene rings is 1. The van der Waals surface area contributed by atoms with Crippen LogP contribution in [0.15, 0.2) is 35.5 Å². The van der Waals surface area contributed by atoms with Crippen molar-refractivity contribution < 1.29 is 4.74 Å². The lowest BCUT2D eigenvalue weighted by molar-refractivity contribution is 0.344. The molecule has 0 bridgehead atoms. The second kappa shape index (κ2) is 5.50. The van der Waals surface area contributed by atoms with Crippen molar-refractivity contribution in [2.45, 2.75) is 5.16 Å². The average Bonchev–Trinajstić information content (AvgIpc) is 2.72. The van der Waals surface area contributed by atoms with Crippen LogP contribution in [0, 0.1) is 0 Å². The molecule has 0 saturated heterocycles. The molecule has 1 heterocycles. The highest BCUT2D eigenvalue weighted by atomic mass is 32.2. The van der Waals surface area contributed by atoms with E-state index in [1.165, 1.54) is 0 Å². The van der Waals surface area contributed by atoms with Crippen LogP contribution in [-0.4, -0.2) is 32.6 Å².